The van der Waals surface area contributed by atoms with Crippen molar-refractivity contribution in [2.24, 2.45) is 0 Å². The Hall–Kier alpha value is -1.71. The predicted octanol–water partition coefficient (Wildman–Crippen LogP) is 2.71. The highest BCUT2D eigenvalue weighted by Gasteiger charge is 1.86. The zero-order valence-electron chi connectivity index (χ0n) is 13.6. The van der Waals surface area contributed by atoms with Crippen molar-refractivity contribution in [2.75, 3.05) is 0 Å². The summed E-state index contributed by atoms with van der Waals surface area (Å²) in [5.41, 5.74) is 0. The number of nitrogens with zero attached hydrogens (tertiary/aromatic N) is 4. The fourth-order valence-electron chi connectivity index (χ4n) is 1.52. The van der Waals surface area contributed by atoms with Gasteiger partial charge < -0.3 is 9.13 Å². The van der Waals surface area contributed by atoms with Gasteiger partial charge in [-0.2, -0.15) is 8.42 Å². The van der Waals surface area contributed by atoms with Gasteiger partial charge in [0.15, 0.2) is 0 Å². The first kappa shape index (κ1) is 21.3. The molecule has 0 aliphatic heterocycles. The van der Waals surface area contributed by atoms with E-state index < -0.39 is 10.4 Å². The molecule has 2 N–H and O–H groups in total. The van der Waals surface area contributed by atoms with Crippen molar-refractivity contribution < 1.29 is 17.5 Å². The van der Waals surface area contributed by atoms with Crippen molar-refractivity contribution >= 4 is 10.4 Å². The van der Waals surface area contributed by atoms with Gasteiger partial charge in [-0.1, -0.05) is 26.7 Å². The molecule has 0 fully saturated rings. The zero-order chi connectivity index (χ0) is 17.6. The Morgan fingerprint density at radius 2 is 1.22 bits per heavy atom. The molecule has 0 aliphatic rings. The minimum Gasteiger partial charge on any atom is -0.337 e. The van der Waals surface area contributed by atoms with Crippen molar-refractivity contribution in [2.45, 2.75) is 52.6 Å². The Kier molecular flexibility index (Phi) is 11.8. The van der Waals surface area contributed by atoms with E-state index in [1.807, 2.05) is 37.4 Å². The van der Waals surface area contributed by atoms with Crippen molar-refractivity contribution in [1.29, 1.82) is 0 Å². The number of unbranched alkanes of at least 4 members (excludes halogenated alkanes) is 2. The molecule has 0 saturated heterocycles. The molecule has 0 bridgehead atoms. The van der Waals surface area contributed by atoms with Crippen LogP contribution in [0.2, 0.25) is 0 Å². The third-order valence-electron chi connectivity index (χ3n) is 2.66. The fraction of sp³-hybridized carbons (Fsp3) is 0.571. The van der Waals surface area contributed by atoms with Crippen molar-refractivity contribution in [3.05, 3.63) is 37.4 Å². The molecule has 0 radical (unpaired) electrons. The van der Waals surface area contributed by atoms with E-state index in [1.54, 1.807) is 0 Å². The number of aryl methyl sites for hydroxylation is 2. The number of rotatable bonds is 6. The van der Waals surface area contributed by atoms with Crippen LogP contribution in [0.3, 0.4) is 0 Å². The molecule has 2 rings (SSSR count). The van der Waals surface area contributed by atoms with Crippen LogP contribution in [0, 0.1) is 0 Å². The molecule has 0 atom stereocenters. The van der Waals surface area contributed by atoms with E-state index in [9.17, 15) is 0 Å². The molecular weight excluding hydrogens is 320 g/mol. The molecule has 0 amide bonds. The minimum absolute atomic E-state index is 1.11. The summed E-state index contributed by atoms with van der Waals surface area (Å²) in [5.74, 6) is 0. The highest BCUT2D eigenvalue weighted by molar-refractivity contribution is 7.79. The first-order valence-corrected chi connectivity index (χ1v) is 8.87. The predicted molar refractivity (Wildman–Crippen MR) is 88.4 cm³/mol. The van der Waals surface area contributed by atoms with Crippen LogP contribution >= 0.6 is 0 Å². The summed E-state index contributed by atoms with van der Waals surface area (Å²) in [6.45, 7) is 6.60. The van der Waals surface area contributed by atoms with E-state index in [4.69, 9.17) is 17.5 Å². The maximum absolute atomic E-state index is 8.74. The summed E-state index contributed by atoms with van der Waals surface area (Å²) < 4.78 is 35.8. The quantitative estimate of drug-likeness (QED) is 0.778. The van der Waals surface area contributed by atoms with Gasteiger partial charge in [0.2, 0.25) is 0 Å². The summed E-state index contributed by atoms with van der Waals surface area (Å²) >= 11 is 0. The second kappa shape index (κ2) is 12.8. The highest BCUT2D eigenvalue weighted by atomic mass is 32.3. The van der Waals surface area contributed by atoms with Gasteiger partial charge in [-0.05, 0) is 12.8 Å². The molecule has 0 unspecified atom stereocenters. The van der Waals surface area contributed by atoms with Crippen LogP contribution in [0.5, 0.6) is 0 Å². The van der Waals surface area contributed by atoms with Gasteiger partial charge in [0, 0.05) is 37.9 Å². The SMILES string of the molecule is CCCCn1ccnc1.CCCCn1ccnc1.O=S(=O)(O)O. The van der Waals surface area contributed by atoms with Crippen molar-refractivity contribution in [1.82, 2.24) is 19.1 Å². The molecule has 2 aromatic rings. The van der Waals surface area contributed by atoms with Crippen LogP contribution in [0.15, 0.2) is 37.4 Å². The smallest absolute Gasteiger partial charge is 0.337 e. The lowest BCUT2D eigenvalue weighted by molar-refractivity contribution is 0.381. The van der Waals surface area contributed by atoms with Gasteiger partial charge in [0.1, 0.15) is 0 Å². The largest absolute Gasteiger partial charge is 0.394 e. The monoisotopic (exact) mass is 346 g/mol. The maximum atomic E-state index is 8.74. The Balaban J connectivity index is 0.000000332. The van der Waals surface area contributed by atoms with Gasteiger partial charge in [-0.3, -0.25) is 9.11 Å². The number of imidazole rings is 2. The topological polar surface area (TPSA) is 110 Å². The molecule has 2 heterocycles. The molecule has 23 heavy (non-hydrogen) atoms. The lowest BCUT2D eigenvalue weighted by Crippen LogP contribution is -1.92. The maximum Gasteiger partial charge on any atom is 0.394 e. The number of hydrogen-bond acceptors (Lipinski definition) is 4. The fourth-order valence-corrected chi connectivity index (χ4v) is 1.52. The molecule has 9 heteroatoms. The molecule has 2 aromatic heterocycles. The molecule has 8 nitrogen and oxygen atoms in total. The second-order valence-corrected chi connectivity index (χ2v) is 5.65. The normalized spacial score (nSPS) is 10.3. The summed E-state index contributed by atoms with van der Waals surface area (Å²) in [5, 5.41) is 0. The van der Waals surface area contributed by atoms with Crippen LogP contribution in [-0.4, -0.2) is 36.6 Å². The van der Waals surface area contributed by atoms with Gasteiger partial charge in [-0.25, -0.2) is 9.97 Å². The van der Waals surface area contributed by atoms with Crippen LogP contribution in [0.1, 0.15) is 39.5 Å². The third-order valence-corrected chi connectivity index (χ3v) is 2.66. The summed E-state index contributed by atoms with van der Waals surface area (Å²) in [4.78, 5) is 7.88. The molecule has 0 aromatic carbocycles. The summed E-state index contributed by atoms with van der Waals surface area (Å²) in [6.07, 6.45) is 16.3. The Bertz CT molecular complexity index is 522. The first-order valence-electron chi connectivity index (χ1n) is 7.48. The molecule has 0 spiro atoms. The lowest BCUT2D eigenvalue weighted by Gasteiger charge is -1.96. The number of aromatic nitrogens is 4. The lowest BCUT2D eigenvalue weighted by atomic mass is 10.3. The van der Waals surface area contributed by atoms with Gasteiger partial charge in [0.25, 0.3) is 0 Å². The van der Waals surface area contributed by atoms with E-state index in [-0.39, 0.29) is 0 Å². The molecule has 132 valence electrons. The average Bonchev–Trinajstić information content (AvgIpc) is 3.15. The summed E-state index contributed by atoms with van der Waals surface area (Å²) in [6, 6.07) is 0. The van der Waals surface area contributed by atoms with Crippen LogP contribution in [0.25, 0.3) is 0 Å². The Labute approximate surface area is 137 Å². The van der Waals surface area contributed by atoms with E-state index in [0.29, 0.717) is 0 Å². The van der Waals surface area contributed by atoms with Crippen LogP contribution in [-0.2, 0) is 23.5 Å². The van der Waals surface area contributed by atoms with Crippen molar-refractivity contribution in [3.8, 4) is 0 Å². The van der Waals surface area contributed by atoms with Gasteiger partial charge >= 0.3 is 10.4 Å². The second-order valence-electron chi connectivity index (χ2n) is 4.76. The Morgan fingerprint density at radius 3 is 1.43 bits per heavy atom. The van der Waals surface area contributed by atoms with E-state index >= 15 is 0 Å². The Morgan fingerprint density at radius 1 is 0.870 bits per heavy atom. The van der Waals surface area contributed by atoms with Crippen molar-refractivity contribution in [3.63, 3.8) is 0 Å². The third kappa shape index (κ3) is 16.5. The first-order chi connectivity index (χ1) is 10.9. The molecule has 0 aliphatic carbocycles. The van der Waals surface area contributed by atoms with Gasteiger partial charge in [-0.15, -0.1) is 0 Å². The van der Waals surface area contributed by atoms with Crippen LogP contribution < -0.4 is 0 Å². The van der Waals surface area contributed by atoms with Gasteiger partial charge in [0.05, 0.1) is 12.7 Å². The standard InChI is InChI=1S/2C7H12N2.H2O4S/c2*1-2-3-5-9-6-4-8-7-9;1-5(2,3)4/h2*4,6-7H,2-3,5H2,1H3;(H2,1,2,3,4). The average molecular weight is 346 g/mol. The van der Waals surface area contributed by atoms with E-state index in [2.05, 4.69) is 32.9 Å². The minimum atomic E-state index is -4.67. The number of hydrogen-bond donors (Lipinski definition) is 2. The molecular formula is C14H26N4O4S. The van der Waals surface area contributed by atoms with Crippen LogP contribution in [0.4, 0.5) is 0 Å². The summed E-state index contributed by atoms with van der Waals surface area (Å²) in [7, 11) is -4.67. The van der Waals surface area contributed by atoms with E-state index in [1.165, 1.54) is 25.7 Å². The highest BCUT2D eigenvalue weighted by Crippen LogP contribution is 1.93. The van der Waals surface area contributed by atoms with E-state index in [0.717, 1.165) is 13.1 Å². The zero-order valence-corrected chi connectivity index (χ0v) is 14.4. The molecule has 0 saturated carbocycles.